The number of methoxy groups -OCH3 is 1. The number of hydrogen-bond donors (Lipinski definition) is 2. The number of pyridine rings is 1. The Labute approximate surface area is 111 Å². The number of ether oxygens (including phenoxy) is 1. The van der Waals surface area contributed by atoms with Gasteiger partial charge in [0.25, 0.3) is 5.91 Å². The van der Waals surface area contributed by atoms with E-state index in [1.807, 2.05) is 0 Å². The summed E-state index contributed by atoms with van der Waals surface area (Å²) < 4.78 is 17.9. The molecule has 2 heterocycles. The van der Waals surface area contributed by atoms with Gasteiger partial charge in [0.2, 0.25) is 0 Å². The van der Waals surface area contributed by atoms with Gasteiger partial charge in [-0.2, -0.15) is 0 Å². The first kappa shape index (κ1) is 13.9. The molecule has 1 amide bonds. The summed E-state index contributed by atoms with van der Waals surface area (Å²) in [4.78, 5) is 15.6. The largest absolute Gasteiger partial charge is 0.383 e. The zero-order valence-corrected chi connectivity index (χ0v) is 10.9. The number of aromatic nitrogens is 1. The van der Waals surface area contributed by atoms with Crippen molar-refractivity contribution >= 4 is 5.91 Å². The summed E-state index contributed by atoms with van der Waals surface area (Å²) in [5, 5.41) is 6.19. The molecule has 5 nitrogen and oxygen atoms in total. The number of nitrogens with zero attached hydrogens (tertiary/aromatic N) is 1. The highest BCUT2D eigenvalue weighted by molar-refractivity contribution is 5.92. The smallest absolute Gasteiger partial charge is 0.269 e. The second-order valence-corrected chi connectivity index (χ2v) is 4.79. The third-order valence-corrected chi connectivity index (χ3v) is 3.30. The quantitative estimate of drug-likeness (QED) is 0.825. The summed E-state index contributed by atoms with van der Waals surface area (Å²) in [5.74, 6) is -0.756. The van der Waals surface area contributed by atoms with Crippen LogP contribution in [0.25, 0.3) is 0 Å². The van der Waals surface area contributed by atoms with Gasteiger partial charge in [-0.3, -0.25) is 4.79 Å². The Morgan fingerprint density at radius 3 is 3.05 bits per heavy atom. The van der Waals surface area contributed by atoms with Crippen LogP contribution in [-0.2, 0) is 4.74 Å². The van der Waals surface area contributed by atoms with Crippen LogP contribution in [0.5, 0.6) is 0 Å². The van der Waals surface area contributed by atoms with Crippen molar-refractivity contribution in [2.75, 3.05) is 26.8 Å². The molecule has 1 fully saturated rings. The molecule has 0 aliphatic carbocycles. The molecule has 1 aromatic heterocycles. The average molecular weight is 267 g/mol. The fourth-order valence-electron chi connectivity index (χ4n) is 2.32. The third-order valence-electron chi connectivity index (χ3n) is 3.30. The summed E-state index contributed by atoms with van der Waals surface area (Å²) in [6, 6.07) is 2.59. The van der Waals surface area contributed by atoms with Crippen molar-refractivity contribution < 1.29 is 13.9 Å². The van der Waals surface area contributed by atoms with Crippen LogP contribution in [0.15, 0.2) is 18.3 Å². The Balaban J connectivity index is 1.93. The van der Waals surface area contributed by atoms with Gasteiger partial charge in [-0.1, -0.05) is 0 Å². The van der Waals surface area contributed by atoms with Crippen molar-refractivity contribution in [1.82, 2.24) is 15.6 Å². The van der Waals surface area contributed by atoms with Gasteiger partial charge in [-0.15, -0.1) is 0 Å². The van der Waals surface area contributed by atoms with E-state index in [9.17, 15) is 9.18 Å². The number of rotatable bonds is 5. The molecule has 0 aromatic carbocycles. The van der Waals surface area contributed by atoms with Crippen molar-refractivity contribution in [2.45, 2.75) is 18.4 Å². The minimum atomic E-state index is -0.454. The highest BCUT2D eigenvalue weighted by Crippen LogP contribution is 2.18. The fourth-order valence-corrected chi connectivity index (χ4v) is 2.32. The molecule has 2 N–H and O–H groups in total. The topological polar surface area (TPSA) is 63.2 Å². The average Bonchev–Trinajstić information content (AvgIpc) is 2.86. The lowest BCUT2D eigenvalue weighted by Crippen LogP contribution is -2.53. The van der Waals surface area contributed by atoms with Gasteiger partial charge in [0.05, 0.1) is 18.3 Å². The van der Waals surface area contributed by atoms with Crippen LogP contribution >= 0.6 is 0 Å². The predicted octanol–water partition coefficient (Wildman–Crippen LogP) is 0.719. The van der Waals surface area contributed by atoms with E-state index >= 15 is 0 Å². The minimum absolute atomic E-state index is 0.204. The van der Waals surface area contributed by atoms with Gasteiger partial charge in [0, 0.05) is 13.7 Å². The molecule has 19 heavy (non-hydrogen) atoms. The molecular weight excluding hydrogens is 249 g/mol. The van der Waals surface area contributed by atoms with Crippen LogP contribution < -0.4 is 10.6 Å². The molecule has 1 unspecified atom stereocenters. The van der Waals surface area contributed by atoms with Gasteiger partial charge >= 0.3 is 0 Å². The zero-order chi connectivity index (χ0) is 13.7. The standard InChI is InChI=1S/C13H18FN3O2/c1-19-9-13(5-2-6-17-13)8-16-12(18)11-4-3-10(14)7-15-11/h3-4,7,17H,2,5-6,8-9H2,1H3,(H,16,18). The Hall–Kier alpha value is -1.53. The Kier molecular flexibility index (Phi) is 4.44. The fraction of sp³-hybridized carbons (Fsp3) is 0.538. The molecule has 1 saturated heterocycles. The SMILES string of the molecule is COCC1(CNC(=O)c2ccc(F)cn2)CCCN1. The lowest BCUT2D eigenvalue weighted by molar-refractivity contribution is 0.0887. The van der Waals surface area contributed by atoms with Crippen LogP contribution in [0.3, 0.4) is 0 Å². The summed E-state index contributed by atoms with van der Waals surface area (Å²) >= 11 is 0. The van der Waals surface area contributed by atoms with Crippen LogP contribution in [0.1, 0.15) is 23.3 Å². The molecule has 0 radical (unpaired) electrons. The highest BCUT2D eigenvalue weighted by Gasteiger charge is 2.33. The first-order valence-corrected chi connectivity index (χ1v) is 6.29. The lowest BCUT2D eigenvalue weighted by Gasteiger charge is -2.28. The molecule has 1 aliphatic heterocycles. The molecular formula is C13H18FN3O2. The van der Waals surface area contributed by atoms with E-state index in [0.29, 0.717) is 13.2 Å². The van der Waals surface area contributed by atoms with Gasteiger partial charge in [0.15, 0.2) is 0 Å². The van der Waals surface area contributed by atoms with E-state index in [1.165, 1.54) is 12.1 Å². The van der Waals surface area contributed by atoms with E-state index in [2.05, 4.69) is 15.6 Å². The molecule has 6 heteroatoms. The highest BCUT2D eigenvalue weighted by atomic mass is 19.1. The number of amides is 1. The number of carbonyl (C=O) groups excluding carboxylic acids is 1. The van der Waals surface area contributed by atoms with Crippen LogP contribution in [0.2, 0.25) is 0 Å². The molecule has 0 saturated carbocycles. The second-order valence-electron chi connectivity index (χ2n) is 4.79. The Bertz CT molecular complexity index is 430. The molecule has 0 spiro atoms. The van der Waals surface area contributed by atoms with E-state index in [1.54, 1.807) is 7.11 Å². The summed E-state index contributed by atoms with van der Waals surface area (Å²) in [7, 11) is 1.64. The van der Waals surface area contributed by atoms with Crippen LogP contribution in [-0.4, -0.2) is 43.2 Å². The molecule has 1 atom stereocenters. The normalized spacial score (nSPS) is 22.4. The summed E-state index contributed by atoms with van der Waals surface area (Å²) in [6.07, 6.45) is 3.06. The van der Waals surface area contributed by atoms with E-state index in [0.717, 1.165) is 25.6 Å². The molecule has 104 valence electrons. The first-order chi connectivity index (χ1) is 9.15. The predicted molar refractivity (Wildman–Crippen MR) is 68.4 cm³/mol. The van der Waals surface area contributed by atoms with Gasteiger partial charge < -0.3 is 15.4 Å². The molecule has 1 aliphatic rings. The van der Waals surface area contributed by atoms with Gasteiger partial charge in [-0.25, -0.2) is 9.37 Å². The van der Waals surface area contributed by atoms with Crippen molar-refractivity contribution in [3.8, 4) is 0 Å². The van der Waals surface area contributed by atoms with Crippen LogP contribution in [0, 0.1) is 5.82 Å². The lowest BCUT2D eigenvalue weighted by atomic mass is 9.98. The molecule has 2 rings (SSSR count). The minimum Gasteiger partial charge on any atom is -0.383 e. The molecule has 1 aromatic rings. The van der Waals surface area contributed by atoms with Gasteiger partial charge in [0.1, 0.15) is 11.5 Å². The van der Waals surface area contributed by atoms with E-state index < -0.39 is 5.82 Å². The number of carbonyl (C=O) groups is 1. The van der Waals surface area contributed by atoms with Crippen molar-refractivity contribution in [3.63, 3.8) is 0 Å². The maximum Gasteiger partial charge on any atom is 0.269 e. The number of hydrogen-bond acceptors (Lipinski definition) is 4. The number of nitrogens with one attached hydrogen (secondary N) is 2. The zero-order valence-electron chi connectivity index (χ0n) is 10.9. The maximum absolute atomic E-state index is 12.7. The number of halogens is 1. The van der Waals surface area contributed by atoms with Crippen molar-refractivity contribution in [1.29, 1.82) is 0 Å². The van der Waals surface area contributed by atoms with E-state index in [4.69, 9.17) is 4.74 Å². The van der Waals surface area contributed by atoms with Gasteiger partial charge in [-0.05, 0) is 31.5 Å². The molecule has 0 bridgehead atoms. The first-order valence-electron chi connectivity index (χ1n) is 6.29. The van der Waals surface area contributed by atoms with E-state index in [-0.39, 0.29) is 17.1 Å². The Morgan fingerprint density at radius 2 is 2.47 bits per heavy atom. The van der Waals surface area contributed by atoms with Crippen LogP contribution in [0.4, 0.5) is 4.39 Å². The Morgan fingerprint density at radius 1 is 1.63 bits per heavy atom. The maximum atomic E-state index is 12.7. The second kappa shape index (κ2) is 6.08. The summed E-state index contributed by atoms with van der Waals surface area (Å²) in [5.41, 5.74) is 0.0109. The summed E-state index contributed by atoms with van der Waals surface area (Å²) in [6.45, 7) is 1.94. The monoisotopic (exact) mass is 267 g/mol. The third kappa shape index (κ3) is 3.48. The van der Waals surface area contributed by atoms with Crippen molar-refractivity contribution in [3.05, 3.63) is 29.8 Å². The van der Waals surface area contributed by atoms with Crippen molar-refractivity contribution in [2.24, 2.45) is 0 Å².